The Hall–Kier alpha value is -3.01. The first-order chi connectivity index (χ1) is 17.7. The Kier molecular flexibility index (Phi) is 8.79. The predicted octanol–water partition coefficient (Wildman–Crippen LogP) is 1.21. The van der Waals surface area contributed by atoms with Crippen molar-refractivity contribution in [3.63, 3.8) is 0 Å². The first-order valence-electron chi connectivity index (χ1n) is 13.4. The van der Waals surface area contributed by atoms with Gasteiger partial charge in [-0.2, -0.15) is 0 Å². The molecule has 0 aliphatic carbocycles. The van der Waals surface area contributed by atoms with E-state index in [-0.39, 0.29) is 48.3 Å². The normalized spacial score (nSPS) is 26.1. The number of carbonyl (C=O) groups excluding carboxylic acids is 4. The van der Waals surface area contributed by atoms with Crippen molar-refractivity contribution in [2.45, 2.75) is 70.5 Å². The Bertz CT molecular complexity index is 1030. The highest BCUT2D eigenvalue weighted by molar-refractivity contribution is 5.98. The average Bonchev–Trinajstić information content (AvgIpc) is 3.58. The molecule has 2 saturated heterocycles. The minimum absolute atomic E-state index is 0.0272. The SMILES string of the molecule is CC(C)[C@@H]1CN(C(=O)[C@@H]2CCCN2)CC(=O)NCCCc2ccc(F)c(c2)C(=O)N2CCC[C@H]2C(=O)N1. The van der Waals surface area contributed by atoms with Crippen LogP contribution in [-0.4, -0.2) is 84.3 Å². The number of nitrogens with zero attached hydrogens (tertiary/aromatic N) is 2. The molecule has 3 heterocycles. The summed E-state index contributed by atoms with van der Waals surface area (Å²) >= 11 is 0. The fourth-order valence-electron chi connectivity index (χ4n) is 5.37. The molecule has 1 aromatic carbocycles. The summed E-state index contributed by atoms with van der Waals surface area (Å²) in [6, 6.07) is 3.01. The van der Waals surface area contributed by atoms with E-state index in [0.717, 1.165) is 18.5 Å². The van der Waals surface area contributed by atoms with Gasteiger partial charge in [-0.05, 0) is 68.7 Å². The zero-order valence-corrected chi connectivity index (χ0v) is 21.7. The number of aryl methyl sites for hydroxylation is 1. The number of rotatable bonds is 2. The third-order valence-corrected chi connectivity index (χ3v) is 7.60. The van der Waals surface area contributed by atoms with Gasteiger partial charge in [0, 0.05) is 25.7 Å². The highest BCUT2D eigenvalue weighted by atomic mass is 19.1. The molecule has 1 aromatic rings. The number of nitrogens with one attached hydrogen (secondary N) is 3. The molecule has 202 valence electrons. The highest BCUT2D eigenvalue weighted by Gasteiger charge is 2.37. The minimum atomic E-state index is -0.712. The Morgan fingerprint density at radius 1 is 1.08 bits per heavy atom. The fraction of sp³-hybridized carbons (Fsp3) is 0.630. The van der Waals surface area contributed by atoms with Gasteiger partial charge in [-0.1, -0.05) is 19.9 Å². The molecule has 37 heavy (non-hydrogen) atoms. The zero-order valence-electron chi connectivity index (χ0n) is 21.7. The van der Waals surface area contributed by atoms with E-state index in [1.165, 1.54) is 15.9 Å². The molecule has 4 rings (SSSR count). The fourth-order valence-corrected chi connectivity index (χ4v) is 5.37. The summed E-state index contributed by atoms with van der Waals surface area (Å²) < 4.78 is 14.7. The minimum Gasteiger partial charge on any atom is -0.355 e. The van der Waals surface area contributed by atoms with Crippen LogP contribution in [0.2, 0.25) is 0 Å². The lowest BCUT2D eigenvalue weighted by Gasteiger charge is -2.33. The van der Waals surface area contributed by atoms with Crippen LogP contribution in [-0.2, 0) is 20.8 Å². The van der Waals surface area contributed by atoms with Crippen LogP contribution in [0.1, 0.15) is 61.9 Å². The molecule has 0 radical (unpaired) electrons. The van der Waals surface area contributed by atoms with E-state index in [1.807, 2.05) is 13.8 Å². The van der Waals surface area contributed by atoms with Gasteiger partial charge in [-0.15, -0.1) is 0 Å². The van der Waals surface area contributed by atoms with Gasteiger partial charge >= 0.3 is 0 Å². The second-order valence-corrected chi connectivity index (χ2v) is 10.7. The van der Waals surface area contributed by atoms with Crippen molar-refractivity contribution < 1.29 is 23.6 Å². The molecule has 4 amide bonds. The third kappa shape index (κ3) is 6.47. The summed E-state index contributed by atoms with van der Waals surface area (Å²) in [6.45, 7) is 5.51. The molecule has 3 aliphatic rings. The first kappa shape index (κ1) is 27.0. The molecule has 0 unspecified atom stereocenters. The molecule has 0 saturated carbocycles. The monoisotopic (exact) mass is 515 g/mol. The number of halogens is 1. The van der Waals surface area contributed by atoms with E-state index < -0.39 is 23.8 Å². The van der Waals surface area contributed by atoms with E-state index in [4.69, 9.17) is 0 Å². The Balaban J connectivity index is 1.62. The second kappa shape index (κ2) is 12.0. The maximum Gasteiger partial charge on any atom is 0.257 e. The van der Waals surface area contributed by atoms with Crippen molar-refractivity contribution in [2.75, 3.05) is 32.7 Å². The maximum atomic E-state index is 14.7. The van der Waals surface area contributed by atoms with Crippen LogP contribution in [0.3, 0.4) is 0 Å². The van der Waals surface area contributed by atoms with Crippen LogP contribution in [0.5, 0.6) is 0 Å². The summed E-state index contributed by atoms with van der Waals surface area (Å²) in [5, 5.41) is 9.12. The van der Waals surface area contributed by atoms with Gasteiger partial charge in [0.05, 0.1) is 18.2 Å². The van der Waals surface area contributed by atoms with Gasteiger partial charge in [-0.3, -0.25) is 19.2 Å². The standard InChI is InChI=1S/C27H38FN5O4/c1-17(2)22-15-32(27(37)21-7-4-11-29-21)16-24(34)30-12-3-6-18-9-10-20(28)19(14-18)26(36)33-13-5-8-23(33)25(35)31-22/h9-10,14,17,21-23,29H,3-8,11-13,15-16H2,1-2H3,(H,30,34)(H,31,35)/t21-,22-,23-/m0/s1. The molecule has 0 aromatic heterocycles. The van der Waals surface area contributed by atoms with E-state index in [0.29, 0.717) is 45.2 Å². The Labute approximate surface area is 217 Å². The van der Waals surface area contributed by atoms with Gasteiger partial charge in [0.1, 0.15) is 11.9 Å². The summed E-state index contributed by atoms with van der Waals surface area (Å²) in [7, 11) is 0. The topological polar surface area (TPSA) is 111 Å². The molecule has 0 spiro atoms. The van der Waals surface area contributed by atoms with E-state index in [9.17, 15) is 23.6 Å². The van der Waals surface area contributed by atoms with Gasteiger partial charge < -0.3 is 25.8 Å². The second-order valence-electron chi connectivity index (χ2n) is 10.7. The van der Waals surface area contributed by atoms with Crippen molar-refractivity contribution >= 4 is 23.6 Å². The van der Waals surface area contributed by atoms with Crippen LogP contribution in [0, 0.1) is 11.7 Å². The third-order valence-electron chi connectivity index (χ3n) is 7.60. The van der Waals surface area contributed by atoms with Gasteiger partial charge in [0.15, 0.2) is 0 Å². The predicted molar refractivity (Wildman–Crippen MR) is 136 cm³/mol. The zero-order chi connectivity index (χ0) is 26.5. The number of amides is 4. The summed E-state index contributed by atoms with van der Waals surface area (Å²) in [4.78, 5) is 55.9. The Morgan fingerprint density at radius 3 is 2.62 bits per heavy atom. The van der Waals surface area contributed by atoms with Crippen molar-refractivity contribution in [3.05, 3.63) is 35.1 Å². The summed E-state index contributed by atoms with van der Waals surface area (Å²) in [6.07, 6.45) is 3.90. The lowest BCUT2D eigenvalue weighted by molar-refractivity contribution is -0.138. The molecule has 9 nitrogen and oxygen atoms in total. The van der Waals surface area contributed by atoms with Crippen LogP contribution < -0.4 is 16.0 Å². The maximum absolute atomic E-state index is 14.7. The summed E-state index contributed by atoms with van der Waals surface area (Å²) in [5.74, 6) is -1.85. The van der Waals surface area contributed by atoms with Gasteiger partial charge in [0.2, 0.25) is 17.7 Å². The quantitative estimate of drug-likeness (QED) is 0.549. The van der Waals surface area contributed by atoms with Crippen molar-refractivity contribution in [2.24, 2.45) is 5.92 Å². The van der Waals surface area contributed by atoms with Crippen molar-refractivity contribution in [1.29, 1.82) is 0 Å². The molecule has 3 atom stereocenters. The lowest BCUT2D eigenvalue weighted by Crippen LogP contribution is -2.56. The van der Waals surface area contributed by atoms with Crippen molar-refractivity contribution in [1.82, 2.24) is 25.8 Å². The molecule has 2 fully saturated rings. The number of fused-ring (bicyclic) bond motifs is 3. The first-order valence-corrected chi connectivity index (χ1v) is 13.4. The average molecular weight is 516 g/mol. The highest BCUT2D eigenvalue weighted by Crippen LogP contribution is 2.23. The molecular weight excluding hydrogens is 477 g/mol. The molecular formula is C27H38FN5O4. The van der Waals surface area contributed by atoms with Gasteiger partial charge in [-0.25, -0.2) is 4.39 Å². The molecule has 10 heteroatoms. The van der Waals surface area contributed by atoms with Crippen LogP contribution >= 0.6 is 0 Å². The summed E-state index contributed by atoms with van der Waals surface area (Å²) in [5.41, 5.74) is 0.749. The smallest absolute Gasteiger partial charge is 0.257 e. The van der Waals surface area contributed by atoms with Crippen LogP contribution in [0.25, 0.3) is 0 Å². The Morgan fingerprint density at radius 2 is 1.89 bits per heavy atom. The lowest BCUT2D eigenvalue weighted by atomic mass is 10.0. The van der Waals surface area contributed by atoms with Gasteiger partial charge in [0.25, 0.3) is 5.91 Å². The van der Waals surface area contributed by atoms with E-state index >= 15 is 0 Å². The number of carbonyl (C=O) groups is 4. The number of benzene rings is 1. The largest absolute Gasteiger partial charge is 0.355 e. The van der Waals surface area contributed by atoms with Crippen molar-refractivity contribution in [3.8, 4) is 0 Å². The molecule has 3 aliphatic heterocycles. The van der Waals surface area contributed by atoms with E-state index in [1.54, 1.807) is 12.1 Å². The molecule has 2 bridgehead atoms. The molecule has 3 N–H and O–H groups in total. The number of hydrogen-bond acceptors (Lipinski definition) is 5. The van der Waals surface area contributed by atoms with E-state index in [2.05, 4.69) is 16.0 Å². The van der Waals surface area contributed by atoms with Crippen LogP contribution in [0.15, 0.2) is 18.2 Å². The van der Waals surface area contributed by atoms with Crippen LogP contribution in [0.4, 0.5) is 4.39 Å². The number of hydrogen-bond donors (Lipinski definition) is 3.